The molecule has 1 aliphatic rings. The first-order chi connectivity index (χ1) is 16.5. The smallest absolute Gasteiger partial charge is 0.229 e. The Morgan fingerprint density at radius 2 is 1.65 bits per heavy atom. The molecule has 0 unspecified atom stereocenters. The van der Waals surface area contributed by atoms with Crippen LogP contribution in [0.15, 0.2) is 30.3 Å². The van der Waals surface area contributed by atoms with Crippen molar-refractivity contribution >= 4 is 11.8 Å². The normalized spacial score (nSPS) is 17.0. The minimum Gasteiger partial charge on any atom is -0.379 e. The number of hydrogen-bond donors (Lipinski definition) is 3. The van der Waals surface area contributed by atoms with E-state index in [-0.39, 0.29) is 11.8 Å². The number of morpholine rings is 1. The molecule has 3 N–H and O–H groups in total. The topological polar surface area (TPSA) is 90.9 Å². The molecule has 0 radical (unpaired) electrons. The van der Waals surface area contributed by atoms with E-state index in [9.17, 15) is 14.7 Å². The van der Waals surface area contributed by atoms with Crippen LogP contribution in [0.3, 0.4) is 0 Å². The third-order valence-electron chi connectivity index (χ3n) is 6.50. The van der Waals surface area contributed by atoms with E-state index >= 15 is 0 Å². The maximum Gasteiger partial charge on any atom is 0.229 e. The fourth-order valence-corrected chi connectivity index (χ4v) is 4.35. The summed E-state index contributed by atoms with van der Waals surface area (Å²) in [6.07, 6.45) is 8.64. The van der Waals surface area contributed by atoms with E-state index in [0.717, 1.165) is 32.1 Å². The van der Waals surface area contributed by atoms with E-state index < -0.39 is 11.6 Å². The largest absolute Gasteiger partial charge is 0.379 e. The molecule has 1 aromatic rings. The first-order valence-electron chi connectivity index (χ1n) is 13.2. The third-order valence-corrected chi connectivity index (χ3v) is 6.50. The number of ether oxygens (including phenoxy) is 1. The zero-order chi connectivity index (χ0) is 24.7. The number of carbonyl (C=O) groups excluding carboxylic acids is 2. The summed E-state index contributed by atoms with van der Waals surface area (Å²) in [5, 5.41) is 17.8. The molecule has 2 rings (SSSR count). The van der Waals surface area contributed by atoms with Crippen molar-refractivity contribution in [1.82, 2.24) is 15.5 Å². The summed E-state index contributed by atoms with van der Waals surface area (Å²) in [4.78, 5) is 28.5. The Morgan fingerprint density at radius 3 is 2.32 bits per heavy atom. The van der Waals surface area contributed by atoms with Crippen LogP contribution in [0.25, 0.3) is 0 Å². The van der Waals surface area contributed by atoms with Crippen molar-refractivity contribution < 1.29 is 19.4 Å². The highest BCUT2D eigenvalue weighted by atomic mass is 16.5. The maximum absolute atomic E-state index is 13.4. The highest BCUT2D eigenvalue weighted by Gasteiger charge is 2.45. The van der Waals surface area contributed by atoms with Crippen molar-refractivity contribution in [3.63, 3.8) is 0 Å². The first kappa shape index (κ1) is 28.3. The van der Waals surface area contributed by atoms with Gasteiger partial charge in [0, 0.05) is 38.2 Å². The molecule has 34 heavy (non-hydrogen) atoms. The molecular weight excluding hydrogens is 430 g/mol. The number of benzene rings is 1. The second kappa shape index (κ2) is 15.8. The van der Waals surface area contributed by atoms with Crippen molar-refractivity contribution in [1.29, 1.82) is 0 Å². The molecule has 1 saturated heterocycles. The van der Waals surface area contributed by atoms with Gasteiger partial charge in [0.1, 0.15) is 5.92 Å². The van der Waals surface area contributed by atoms with Crippen LogP contribution in [0.2, 0.25) is 0 Å². The Bertz CT molecular complexity index is 709. The van der Waals surface area contributed by atoms with Crippen LogP contribution in [0.5, 0.6) is 0 Å². The minimum absolute atomic E-state index is 0.227. The molecule has 2 amide bonds. The van der Waals surface area contributed by atoms with Gasteiger partial charge < -0.3 is 20.5 Å². The summed E-state index contributed by atoms with van der Waals surface area (Å²) in [5.41, 5.74) is -1.27. The lowest BCUT2D eigenvalue weighted by atomic mass is 9.86. The molecule has 0 saturated carbocycles. The number of rotatable bonds is 16. The Balaban J connectivity index is 2.19. The molecule has 0 aliphatic carbocycles. The van der Waals surface area contributed by atoms with Gasteiger partial charge in [0.15, 0.2) is 5.72 Å². The Morgan fingerprint density at radius 1 is 1.00 bits per heavy atom. The lowest BCUT2D eigenvalue weighted by Crippen LogP contribution is -2.59. The first-order valence-corrected chi connectivity index (χ1v) is 13.2. The number of nitrogens with one attached hydrogen (secondary N) is 2. The quantitative estimate of drug-likeness (QED) is 0.251. The molecule has 0 aromatic heterocycles. The SMILES string of the molecule is CCCCCCCCC(=O)N[C@@](O)(c1ccccc1)[C@H](CN1CCOCC1)C(=O)NCCCC. The van der Waals surface area contributed by atoms with Crippen molar-refractivity contribution in [2.24, 2.45) is 5.92 Å². The summed E-state index contributed by atoms with van der Waals surface area (Å²) in [6, 6.07) is 9.05. The second-order valence-electron chi connectivity index (χ2n) is 9.31. The highest BCUT2D eigenvalue weighted by molar-refractivity contribution is 5.83. The number of unbranched alkanes of at least 4 members (excludes halogenated alkanes) is 6. The predicted octanol–water partition coefficient (Wildman–Crippen LogP) is 3.56. The van der Waals surface area contributed by atoms with Gasteiger partial charge in [-0.15, -0.1) is 0 Å². The van der Waals surface area contributed by atoms with Gasteiger partial charge in [0.05, 0.1) is 13.2 Å². The monoisotopic (exact) mass is 475 g/mol. The van der Waals surface area contributed by atoms with Gasteiger partial charge in [-0.25, -0.2) is 0 Å². The van der Waals surface area contributed by atoms with Gasteiger partial charge in [-0.2, -0.15) is 0 Å². The van der Waals surface area contributed by atoms with Crippen LogP contribution >= 0.6 is 0 Å². The molecule has 1 heterocycles. The molecule has 2 atom stereocenters. The van der Waals surface area contributed by atoms with Crippen LogP contribution in [-0.2, 0) is 20.1 Å². The average molecular weight is 476 g/mol. The molecule has 0 bridgehead atoms. The van der Waals surface area contributed by atoms with Gasteiger partial charge in [0.2, 0.25) is 11.8 Å². The molecule has 0 spiro atoms. The van der Waals surface area contributed by atoms with E-state index in [1.807, 2.05) is 18.2 Å². The van der Waals surface area contributed by atoms with Gasteiger partial charge >= 0.3 is 0 Å². The molecule has 7 nitrogen and oxygen atoms in total. The minimum atomic E-state index is -1.80. The second-order valence-corrected chi connectivity index (χ2v) is 9.31. The summed E-state index contributed by atoms with van der Waals surface area (Å²) in [7, 11) is 0. The summed E-state index contributed by atoms with van der Waals surface area (Å²) in [5.74, 6) is -1.32. The van der Waals surface area contributed by atoms with Gasteiger partial charge in [-0.05, 0) is 12.8 Å². The third kappa shape index (κ3) is 9.35. The van der Waals surface area contributed by atoms with Crippen LogP contribution in [-0.4, -0.2) is 61.2 Å². The Kier molecular flexibility index (Phi) is 13.2. The molecular formula is C27H45N3O4. The lowest BCUT2D eigenvalue weighted by molar-refractivity contribution is -0.149. The lowest BCUT2D eigenvalue weighted by Gasteiger charge is -2.39. The predicted molar refractivity (Wildman–Crippen MR) is 135 cm³/mol. The summed E-state index contributed by atoms with van der Waals surface area (Å²) < 4.78 is 5.46. The van der Waals surface area contributed by atoms with E-state index in [0.29, 0.717) is 51.4 Å². The fraction of sp³-hybridized carbons (Fsp3) is 0.704. The zero-order valence-electron chi connectivity index (χ0n) is 21.2. The average Bonchev–Trinajstić information content (AvgIpc) is 2.85. The number of carbonyl (C=O) groups is 2. The highest BCUT2D eigenvalue weighted by Crippen LogP contribution is 2.29. The van der Waals surface area contributed by atoms with Crippen molar-refractivity contribution in [3.8, 4) is 0 Å². The van der Waals surface area contributed by atoms with E-state index in [4.69, 9.17) is 4.74 Å². The van der Waals surface area contributed by atoms with Gasteiger partial charge in [-0.3, -0.25) is 14.5 Å². The molecule has 1 fully saturated rings. The van der Waals surface area contributed by atoms with Crippen LogP contribution in [0.1, 0.15) is 77.2 Å². The van der Waals surface area contributed by atoms with Gasteiger partial charge in [-0.1, -0.05) is 82.7 Å². The van der Waals surface area contributed by atoms with E-state index in [1.54, 1.807) is 12.1 Å². The summed E-state index contributed by atoms with van der Waals surface area (Å²) >= 11 is 0. The fourth-order valence-electron chi connectivity index (χ4n) is 4.35. The standard InChI is InChI=1S/C27H45N3O4/c1-3-5-7-8-9-13-16-25(31)29-27(33,23-14-11-10-12-15-23)24(26(32)28-17-6-4-2)22-30-18-20-34-21-19-30/h10-12,14-15,24,33H,3-9,13,16-22H2,1-2H3,(H,28,32)(H,29,31)/t24-,27-/m1/s1. The van der Waals surface area contributed by atoms with Crippen molar-refractivity contribution in [3.05, 3.63) is 35.9 Å². The van der Waals surface area contributed by atoms with Crippen LogP contribution in [0.4, 0.5) is 0 Å². The van der Waals surface area contributed by atoms with E-state index in [1.165, 1.54) is 19.3 Å². The summed E-state index contributed by atoms with van der Waals surface area (Å²) in [6.45, 7) is 7.71. The Hall–Kier alpha value is -1.96. The zero-order valence-corrected chi connectivity index (χ0v) is 21.2. The number of nitrogens with zero attached hydrogens (tertiary/aromatic N) is 1. The maximum atomic E-state index is 13.4. The van der Waals surface area contributed by atoms with Crippen LogP contribution in [0, 0.1) is 5.92 Å². The van der Waals surface area contributed by atoms with Crippen LogP contribution < -0.4 is 10.6 Å². The van der Waals surface area contributed by atoms with Crippen molar-refractivity contribution in [2.45, 2.75) is 77.4 Å². The molecule has 7 heteroatoms. The van der Waals surface area contributed by atoms with Crippen molar-refractivity contribution in [2.75, 3.05) is 39.4 Å². The molecule has 1 aromatic carbocycles. The molecule has 1 aliphatic heterocycles. The Labute approximate surface area is 205 Å². The number of hydrogen-bond acceptors (Lipinski definition) is 5. The van der Waals surface area contributed by atoms with Gasteiger partial charge in [0.25, 0.3) is 0 Å². The number of aliphatic hydroxyl groups is 1. The number of amides is 2. The molecule has 192 valence electrons. The van der Waals surface area contributed by atoms with E-state index in [2.05, 4.69) is 29.4 Å².